The van der Waals surface area contributed by atoms with Crippen molar-refractivity contribution in [1.29, 1.82) is 0 Å². The smallest absolute Gasteiger partial charge is 0.191 e. The zero-order valence-corrected chi connectivity index (χ0v) is 14.1. The molecule has 0 rings (SSSR count). The first kappa shape index (κ1) is 16.4. The van der Waals surface area contributed by atoms with E-state index in [1.165, 1.54) is 18.1 Å². The zero-order valence-electron chi connectivity index (χ0n) is 12.1. The molecule has 0 N–H and O–H groups in total. The van der Waals surface area contributed by atoms with Crippen LogP contribution >= 0.6 is 0 Å². The SMILES string of the molecule is CCO[Si](C)(C)CCO[Si](CC)(CC)CC. The molecule has 0 aliphatic heterocycles. The minimum Gasteiger partial charge on any atom is -0.418 e. The first-order valence-electron chi connectivity index (χ1n) is 6.73. The van der Waals surface area contributed by atoms with Crippen LogP contribution in [0.1, 0.15) is 27.7 Å². The topological polar surface area (TPSA) is 18.5 Å². The first-order valence-corrected chi connectivity index (χ1v) is 12.4. The lowest BCUT2D eigenvalue weighted by Gasteiger charge is -2.30. The highest BCUT2D eigenvalue weighted by molar-refractivity contribution is 6.74. The van der Waals surface area contributed by atoms with Crippen LogP contribution in [0.4, 0.5) is 0 Å². The van der Waals surface area contributed by atoms with Crippen molar-refractivity contribution in [3.05, 3.63) is 0 Å². The molecular weight excluding hydrogens is 232 g/mol. The summed E-state index contributed by atoms with van der Waals surface area (Å²) in [6.07, 6.45) is 0. The second kappa shape index (κ2) is 7.64. The van der Waals surface area contributed by atoms with Crippen molar-refractivity contribution in [1.82, 2.24) is 0 Å². The van der Waals surface area contributed by atoms with E-state index in [0.29, 0.717) is 0 Å². The molecule has 0 spiro atoms. The van der Waals surface area contributed by atoms with E-state index in [1.807, 2.05) is 0 Å². The van der Waals surface area contributed by atoms with Gasteiger partial charge < -0.3 is 8.85 Å². The van der Waals surface area contributed by atoms with Gasteiger partial charge >= 0.3 is 0 Å². The van der Waals surface area contributed by atoms with Gasteiger partial charge in [0, 0.05) is 13.2 Å². The Balaban J connectivity index is 4.04. The maximum Gasteiger partial charge on any atom is 0.191 e. The Bertz CT molecular complexity index is 172. The molecule has 0 aromatic rings. The van der Waals surface area contributed by atoms with E-state index in [-0.39, 0.29) is 0 Å². The van der Waals surface area contributed by atoms with Gasteiger partial charge in [0.2, 0.25) is 0 Å². The van der Waals surface area contributed by atoms with Crippen molar-refractivity contribution in [2.75, 3.05) is 13.2 Å². The molecule has 0 fully saturated rings. The minimum atomic E-state index is -1.44. The summed E-state index contributed by atoms with van der Waals surface area (Å²) < 4.78 is 12.1. The number of hydrogen-bond donors (Lipinski definition) is 0. The van der Waals surface area contributed by atoms with Crippen molar-refractivity contribution in [3.8, 4) is 0 Å². The molecule has 2 nitrogen and oxygen atoms in total. The lowest BCUT2D eigenvalue weighted by atomic mass is 10.9. The highest BCUT2D eigenvalue weighted by Gasteiger charge is 2.30. The van der Waals surface area contributed by atoms with Gasteiger partial charge in [-0.15, -0.1) is 0 Å². The van der Waals surface area contributed by atoms with E-state index in [4.69, 9.17) is 8.85 Å². The predicted molar refractivity (Wildman–Crippen MR) is 77.1 cm³/mol. The molecule has 0 amide bonds. The summed E-state index contributed by atoms with van der Waals surface area (Å²) in [4.78, 5) is 0. The third-order valence-electron chi connectivity index (χ3n) is 3.58. The van der Waals surface area contributed by atoms with Gasteiger partial charge in [-0.3, -0.25) is 0 Å². The number of hydrogen-bond acceptors (Lipinski definition) is 2. The normalized spacial score (nSPS) is 13.1. The molecule has 0 radical (unpaired) electrons. The summed E-state index contributed by atoms with van der Waals surface area (Å²) >= 11 is 0. The summed E-state index contributed by atoms with van der Waals surface area (Å²) in [5.74, 6) is 0. The van der Waals surface area contributed by atoms with Crippen LogP contribution in [0, 0.1) is 0 Å². The summed E-state index contributed by atoms with van der Waals surface area (Å²) in [5.41, 5.74) is 0. The molecule has 0 aromatic heterocycles. The standard InChI is InChI=1S/C12H30O2Si2/c1-7-13-15(5,6)12-11-14-16(8-2,9-3)10-4/h7-12H2,1-6H3. The van der Waals surface area contributed by atoms with Crippen LogP contribution in [0.3, 0.4) is 0 Å². The Kier molecular flexibility index (Phi) is 7.80. The van der Waals surface area contributed by atoms with E-state index < -0.39 is 16.6 Å². The molecule has 0 aromatic carbocycles. The van der Waals surface area contributed by atoms with Crippen molar-refractivity contribution < 1.29 is 8.85 Å². The van der Waals surface area contributed by atoms with Crippen LogP contribution in [0.2, 0.25) is 37.3 Å². The highest BCUT2D eigenvalue weighted by atomic mass is 28.4. The Morgan fingerprint density at radius 2 is 1.31 bits per heavy atom. The van der Waals surface area contributed by atoms with Crippen molar-refractivity contribution in [3.63, 3.8) is 0 Å². The van der Waals surface area contributed by atoms with Gasteiger partial charge in [0.05, 0.1) is 0 Å². The molecule has 0 bridgehead atoms. The monoisotopic (exact) mass is 262 g/mol. The zero-order chi connectivity index (χ0) is 12.7. The van der Waals surface area contributed by atoms with Crippen LogP contribution < -0.4 is 0 Å². The first-order chi connectivity index (χ1) is 7.45. The summed E-state index contributed by atoms with van der Waals surface area (Å²) in [6, 6.07) is 4.87. The molecule has 4 heteroatoms. The van der Waals surface area contributed by atoms with Gasteiger partial charge in [0.1, 0.15) is 0 Å². The molecule has 0 atom stereocenters. The van der Waals surface area contributed by atoms with E-state index in [1.54, 1.807) is 0 Å². The number of rotatable bonds is 9. The Hall–Kier alpha value is 0.354. The quantitative estimate of drug-likeness (QED) is 0.578. The lowest BCUT2D eigenvalue weighted by Crippen LogP contribution is -2.39. The van der Waals surface area contributed by atoms with Gasteiger partial charge in [-0.2, -0.15) is 0 Å². The third-order valence-corrected chi connectivity index (χ3v) is 10.7. The average molecular weight is 263 g/mol. The van der Waals surface area contributed by atoms with Gasteiger partial charge in [0.25, 0.3) is 0 Å². The van der Waals surface area contributed by atoms with Gasteiger partial charge in [-0.1, -0.05) is 20.8 Å². The predicted octanol–water partition coefficient (Wildman–Crippen LogP) is 4.25. The molecule has 98 valence electrons. The van der Waals surface area contributed by atoms with E-state index in [2.05, 4.69) is 40.8 Å². The van der Waals surface area contributed by atoms with Gasteiger partial charge in [0.15, 0.2) is 16.6 Å². The van der Waals surface area contributed by atoms with E-state index >= 15 is 0 Å². The van der Waals surface area contributed by atoms with Crippen molar-refractivity contribution >= 4 is 16.6 Å². The van der Waals surface area contributed by atoms with Crippen LogP contribution in [0.5, 0.6) is 0 Å². The highest BCUT2D eigenvalue weighted by Crippen LogP contribution is 2.23. The van der Waals surface area contributed by atoms with Crippen LogP contribution in [-0.2, 0) is 8.85 Å². The lowest BCUT2D eigenvalue weighted by molar-refractivity contribution is 0.291. The largest absolute Gasteiger partial charge is 0.418 e. The Morgan fingerprint density at radius 1 is 0.812 bits per heavy atom. The fourth-order valence-electron chi connectivity index (χ4n) is 2.03. The van der Waals surface area contributed by atoms with Gasteiger partial charge in [-0.25, -0.2) is 0 Å². The fraction of sp³-hybridized carbons (Fsp3) is 1.00. The van der Waals surface area contributed by atoms with E-state index in [0.717, 1.165) is 19.3 Å². The summed E-state index contributed by atoms with van der Waals surface area (Å²) in [5, 5.41) is 0. The van der Waals surface area contributed by atoms with Crippen molar-refractivity contribution in [2.45, 2.75) is 65.0 Å². The molecule has 0 heterocycles. The average Bonchev–Trinajstić information content (AvgIpc) is 2.25. The molecule has 16 heavy (non-hydrogen) atoms. The van der Waals surface area contributed by atoms with E-state index in [9.17, 15) is 0 Å². The van der Waals surface area contributed by atoms with Crippen molar-refractivity contribution in [2.24, 2.45) is 0 Å². The maximum absolute atomic E-state index is 6.25. The molecular formula is C12H30O2Si2. The molecule has 0 unspecified atom stereocenters. The summed E-state index contributed by atoms with van der Waals surface area (Å²) in [7, 11) is -2.82. The fourth-order valence-corrected chi connectivity index (χ4v) is 6.40. The van der Waals surface area contributed by atoms with Gasteiger partial charge in [-0.05, 0) is 44.2 Å². The molecule has 0 saturated carbocycles. The minimum absolute atomic E-state index is 0.844. The second-order valence-corrected chi connectivity index (χ2v) is 14.1. The molecule has 0 aliphatic carbocycles. The summed E-state index contributed by atoms with van der Waals surface area (Å²) in [6.45, 7) is 15.3. The third kappa shape index (κ3) is 5.61. The maximum atomic E-state index is 6.25. The molecule has 0 saturated heterocycles. The Morgan fingerprint density at radius 3 is 1.69 bits per heavy atom. The van der Waals surface area contributed by atoms with Crippen LogP contribution in [-0.4, -0.2) is 29.8 Å². The molecule has 0 aliphatic rings. The van der Waals surface area contributed by atoms with Crippen LogP contribution in [0.25, 0.3) is 0 Å². The second-order valence-electron chi connectivity index (χ2n) is 5.03. The van der Waals surface area contributed by atoms with Crippen LogP contribution in [0.15, 0.2) is 0 Å². The Labute approximate surface area is 104 Å².